The highest BCUT2D eigenvalue weighted by molar-refractivity contribution is 6.39. The predicted molar refractivity (Wildman–Crippen MR) is 91.4 cm³/mol. The van der Waals surface area contributed by atoms with E-state index in [0.29, 0.717) is 28.8 Å². The van der Waals surface area contributed by atoms with Crippen LogP contribution in [0, 0.1) is 0 Å². The second-order valence-corrected chi connectivity index (χ2v) is 6.33. The number of carbonyl (C=O) groups excluding carboxylic acids is 1. The van der Waals surface area contributed by atoms with E-state index in [2.05, 4.69) is 10.3 Å². The van der Waals surface area contributed by atoms with Gasteiger partial charge in [-0.05, 0) is 31.0 Å². The van der Waals surface area contributed by atoms with E-state index in [9.17, 15) is 9.59 Å². The lowest BCUT2D eigenvalue weighted by atomic mass is 9.89. The number of rotatable bonds is 6. The first-order chi connectivity index (χ1) is 10.8. The number of carboxylic acids is 1. The summed E-state index contributed by atoms with van der Waals surface area (Å²) in [4.78, 5) is 26.6. The molecule has 7 heteroatoms. The summed E-state index contributed by atoms with van der Waals surface area (Å²) in [7, 11) is 0. The summed E-state index contributed by atoms with van der Waals surface area (Å²) in [5, 5.41) is 13.4. The van der Waals surface area contributed by atoms with E-state index in [4.69, 9.17) is 28.3 Å². The summed E-state index contributed by atoms with van der Waals surface area (Å²) in [6, 6.07) is 5.12. The molecule has 1 aromatic carbocycles. The van der Waals surface area contributed by atoms with Crippen molar-refractivity contribution >= 4 is 46.0 Å². The Labute approximate surface area is 144 Å². The van der Waals surface area contributed by atoms with E-state index >= 15 is 0 Å². The van der Waals surface area contributed by atoms with Gasteiger partial charge in [0.2, 0.25) is 0 Å². The van der Waals surface area contributed by atoms with E-state index in [1.54, 1.807) is 18.2 Å². The van der Waals surface area contributed by atoms with Gasteiger partial charge in [-0.25, -0.2) is 0 Å². The highest BCUT2D eigenvalue weighted by atomic mass is 35.5. The quantitative estimate of drug-likeness (QED) is 0.723. The van der Waals surface area contributed by atoms with Crippen molar-refractivity contribution in [3.05, 3.63) is 33.9 Å². The lowest BCUT2D eigenvalue weighted by molar-refractivity contribution is -0.138. The molecule has 0 saturated carbocycles. The fourth-order valence-electron chi connectivity index (χ4n) is 2.60. The number of hydrogen-bond acceptors (Lipinski definition) is 2. The smallest absolute Gasteiger partial charge is 0.305 e. The summed E-state index contributed by atoms with van der Waals surface area (Å²) in [6.45, 7) is 3.69. The Balaban J connectivity index is 2.36. The van der Waals surface area contributed by atoms with Crippen molar-refractivity contribution in [2.75, 3.05) is 0 Å². The van der Waals surface area contributed by atoms with E-state index in [-0.39, 0.29) is 17.1 Å². The van der Waals surface area contributed by atoms with Crippen LogP contribution in [0.1, 0.15) is 43.6 Å². The highest BCUT2D eigenvalue weighted by Crippen LogP contribution is 2.30. The third kappa shape index (κ3) is 3.62. The molecule has 0 aliphatic carbocycles. The number of aromatic nitrogens is 1. The van der Waals surface area contributed by atoms with Gasteiger partial charge in [0, 0.05) is 15.9 Å². The molecule has 1 heterocycles. The van der Waals surface area contributed by atoms with Crippen LogP contribution in [0.5, 0.6) is 0 Å². The standard InChI is InChI=1S/C16H18Cl2N2O3/c1-3-16(4-2,8-12(21)22)20-15(23)14-13(18)10-7-9(17)5-6-11(10)19-14/h5-7,19H,3-4,8H2,1-2H3,(H,20,23)(H,21,22). The minimum Gasteiger partial charge on any atom is -0.481 e. The maximum absolute atomic E-state index is 12.6. The average molecular weight is 357 g/mol. The van der Waals surface area contributed by atoms with Gasteiger partial charge in [0.15, 0.2) is 0 Å². The van der Waals surface area contributed by atoms with Crippen LogP contribution < -0.4 is 5.32 Å². The third-order valence-electron chi connectivity index (χ3n) is 4.15. The number of H-pyrrole nitrogens is 1. The SMILES string of the molecule is CCC(CC)(CC(=O)O)NC(=O)c1[nH]c2ccc(Cl)cc2c1Cl. The molecule has 1 aromatic heterocycles. The number of carbonyl (C=O) groups is 2. The topological polar surface area (TPSA) is 82.2 Å². The lowest BCUT2D eigenvalue weighted by Gasteiger charge is -2.31. The molecule has 124 valence electrons. The molecule has 23 heavy (non-hydrogen) atoms. The van der Waals surface area contributed by atoms with Gasteiger partial charge in [-0.3, -0.25) is 9.59 Å². The Kier molecular flexibility index (Phi) is 5.22. The van der Waals surface area contributed by atoms with Crippen molar-refractivity contribution in [1.82, 2.24) is 10.3 Å². The summed E-state index contributed by atoms with van der Waals surface area (Å²) < 4.78 is 0. The molecule has 0 atom stereocenters. The van der Waals surface area contributed by atoms with Crippen LogP contribution in [0.15, 0.2) is 18.2 Å². The zero-order valence-corrected chi connectivity index (χ0v) is 14.4. The molecule has 0 radical (unpaired) electrons. The average Bonchev–Trinajstić information content (AvgIpc) is 2.83. The molecule has 0 bridgehead atoms. The van der Waals surface area contributed by atoms with Crippen molar-refractivity contribution < 1.29 is 14.7 Å². The van der Waals surface area contributed by atoms with Crippen molar-refractivity contribution in [3.8, 4) is 0 Å². The van der Waals surface area contributed by atoms with Crippen molar-refractivity contribution in [1.29, 1.82) is 0 Å². The Bertz CT molecular complexity index is 751. The van der Waals surface area contributed by atoms with Crippen LogP contribution in [-0.2, 0) is 4.79 Å². The van der Waals surface area contributed by atoms with Crippen LogP contribution >= 0.6 is 23.2 Å². The maximum atomic E-state index is 12.6. The van der Waals surface area contributed by atoms with E-state index in [0.717, 1.165) is 0 Å². The molecule has 2 rings (SSSR count). The third-order valence-corrected chi connectivity index (χ3v) is 4.77. The van der Waals surface area contributed by atoms with Gasteiger partial charge in [0.25, 0.3) is 5.91 Å². The highest BCUT2D eigenvalue weighted by Gasteiger charge is 2.32. The summed E-state index contributed by atoms with van der Waals surface area (Å²) >= 11 is 12.2. The first-order valence-corrected chi connectivity index (χ1v) is 8.08. The minimum atomic E-state index is -0.955. The van der Waals surface area contributed by atoms with Crippen LogP contribution in [0.3, 0.4) is 0 Å². The minimum absolute atomic E-state index is 0.143. The zero-order chi connectivity index (χ0) is 17.2. The molecular formula is C16H18Cl2N2O3. The van der Waals surface area contributed by atoms with Crippen LogP contribution in [0.25, 0.3) is 10.9 Å². The van der Waals surface area contributed by atoms with Gasteiger partial charge < -0.3 is 15.4 Å². The molecule has 0 spiro atoms. The first-order valence-electron chi connectivity index (χ1n) is 7.33. The number of aliphatic carboxylic acids is 1. The van der Waals surface area contributed by atoms with Crippen molar-refractivity contribution in [3.63, 3.8) is 0 Å². The molecule has 2 aromatic rings. The monoisotopic (exact) mass is 356 g/mol. The molecule has 0 aliphatic heterocycles. The Hall–Kier alpha value is -1.72. The Morgan fingerprint density at radius 3 is 2.48 bits per heavy atom. The molecule has 1 amide bonds. The second kappa shape index (κ2) is 6.81. The number of fused-ring (bicyclic) bond motifs is 1. The van der Waals surface area contributed by atoms with E-state index in [1.165, 1.54) is 0 Å². The van der Waals surface area contributed by atoms with Crippen LogP contribution in [0.4, 0.5) is 0 Å². The van der Waals surface area contributed by atoms with Crippen LogP contribution in [0.2, 0.25) is 10.0 Å². The number of benzene rings is 1. The molecule has 0 fully saturated rings. The molecule has 3 N–H and O–H groups in total. The van der Waals surface area contributed by atoms with Gasteiger partial charge in [-0.15, -0.1) is 0 Å². The van der Waals surface area contributed by atoms with Crippen molar-refractivity contribution in [2.24, 2.45) is 0 Å². The first kappa shape index (κ1) is 17.6. The molecule has 0 aliphatic rings. The van der Waals surface area contributed by atoms with Gasteiger partial charge in [0.1, 0.15) is 5.69 Å². The largest absolute Gasteiger partial charge is 0.481 e. The summed E-state index contributed by atoms with van der Waals surface area (Å²) in [6.07, 6.45) is 0.867. The van der Waals surface area contributed by atoms with E-state index in [1.807, 2.05) is 13.8 Å². The normalized spacial score (nSPS) is 11.7. The number of hydrogen-bond donors (Lipinski definition) is 3. The number of nitrogens with one attached hydrogen (secondary N) is 2. The fourth-order valence-corrected chi connectivity index (χ4v) is 3.06. The summed E-state index contributed by atoms with van der Waals surface area (Å²) in [5.74, 6) is -1.38. The zero-order valence-electron chi connectivity index (χ0n) is 12.9. The Morgan fingerprint density at radius 1 is 1.26 bits per heavy atom. The van der Waals surface area contributed by atoms with Gasteiger partial charge in [-0.1, -0.05) is 37.0 Å². The van der Waals surface area contributed by atoms with Gasteiger partial charge in [0.05, 0.1) is 17.0 Å². The molecule has 0 saturated heterocycles. The van der Waals surface area contributed by atoms with Crippen molar-refractivity contribution in [2.45, 2.75) is 38.6 Å². The summed E-state index contributed by atoms with van der Waals surface area (Å²) in [5.41, 5.74) is 0.100. The molecule has 0 unspecified atom stereocenters. The number of carboxylic acid groups (broad SMARTS) is 1. The van der Waals surface area contributed by atoms with Gasteiger partial charge >= 0.3 is 5.97 Å². The Morgan fingerprint density at radius 2 is 1.91 bits per heavy atom. The fraction of sp³-hybridized carbons (Fsp3) is 0.375. The second-order valence-electron chi connectivity index (χ2n) is 5.52. The van der Waals surface area contributed by atoms with Crippen LogP contribution in [-0.4, -0.2) is 27.5 Å². The molecule has 5 nitrogen and oxygen atoms in total. The lowest BCUT2D eigenvalue weighted by Crippen LogP contribution is -2.49. The number of aromatic amines is 1. The maximum Gasteiger partial charge on any atom is 0.305 e. The molecular weight excluding hydrogens is 339 g/mol. The van der Waals surface area contributed by atoms with E-state index < -0.39 is 17.4 Å². The number of halogens is 2. The number of amides is 1. The predicted octanol–water partition coefficient (Wildman–Crippen LogP) is 4.24. The van der Waals surface area contributed by atoms with Gasteiger partial charge in [-0.2, -0.15) is 0 Å².